The van der Waals surface area contributed by atoms with Crippen molar-refractivity contribution in [2.24, 2.45) is 5.92 Å². The molecule has 0 aliphatic carbocycles. The van der Waals surface area contributed by atoms with Crippen LogP contribution in [0.15, 0.2) is 36.5 Å². The maximum absolute atomic E-state index is 10.5. The van der Waals surface area contributed by atoms with Gasteiger partial charge in [-0.05, 0) is 32.1 Å². The molecule has 0 saturated carbocycles. The van der Waals surface area contributed by atoms with Crippen LogP contribution in [0.5, 0.6) is 0 Å². The Bertz CT molecular complexity index is 485. The van der Waals surface area contributed by atoms with Gasteiger partial charge in [-0.3, -0.25) is 4.79 Å². The van der Waals surface area contributed by atoms with Gasteiger partial charge < -0.3 is 25.2 Å². The number of allylic oxidation sites excluding steroid dienone is 3. The van der Waals surface area contributed by atoms with Crippen LogP contribution in [0.2, 0.25) is 0 Å². The minimum absolute atomic E-state index is 0.140. The summed E-state index contributed by atoms with van der Waals surface area (Å²) >= 11 is 0. The molecule has 0 bridgehead atoms. The lowest BCUT2D eigenvalue weighted by molar-refractivity contribution is -0.199. The predicted octanol–water partition coefficient (Wildman–Crippen LogP) is 2.55. The highest BCUT2D eigenvalue weighted by atomic mass is 16.6. The van der Waals surface area contributed by atoms with Gasteiger partial charge in [0.1, 0.15) is 0 Å². The first kappa shape index (κ1) is 22.6. The number of aliphatic hydroxyl groups is 3. The summed E-state index contributed by atoms with van der Waals surface area (Å²) in [5.74, 6) is -1.02. The largest absolute Gasteiger partial charge is 0.481 e. The van der Waals surface area contributed by atoms with E-state index in [0.717, 1.165) is 6.42 Å². The van der Waals surface area contributed by atoms with Crippen molar-refractivity contribution in [3.63, 3.8) is 0 Å². The minimum atomic E-state index is -1.02. The van der Waals surface area contributed by atoms with E-state index in [2.05, 4.69) is 0 Å². The lowest BCUT2D eigenvalue weighted by Gasteiger charge is -2.36. The standard InChI is InChI=1S/C20H32O6/c1-2-3-6-9-15(21)12-13-18-16(17(22)14-20(25)26-18)10-7-4-5-8-11-19(23)24/h3-4,6-7,12-13,15-18,20-22,25H,2,5,8-11,14H2,1H3,(H,23,24)/b6-3-,7-4-,13-12+/t15-,16-,17-,18+,20-/m0/s1. The molecular weight excluding hydrogens is 336 g/mol. The Morgan fingerprint density at radius 2 is 2.00 bits per heavy atom. The average Bonchev–Trinajstić information content (AvgIpc) is 2.57. The number of unbranched alkanes of at least 4 members (excludes halogenated alkanes) is 1. The first-order valence-corrected chi connectivity index (χ1v) is 9.33. The monoisotopic (exact) mass is 368 g/mol. The summed E-state index contributed by atoms with van der Waals surface area (Å²) in [6.45, 7) is 2.02. The molecule has 1 fully saturated rings. The number of carboxylic acids is 1. The highest BCUT2D eigenvalue weighted by Gasteiger charge is 2.35. The first-order chi connectivity index (χ1) is 12.4. The molecule has 1 aliphatic rings. The van der Waals surface area contributed by atoms with Crippen LogP contribution in [-0.2, 0) is 9.53 Å². The third-order valence-corrected chi connectivity index (χ3v) is 4.31. The molecule has 26 heavy (non-hydrogen) atoms. The van der Waals surface area contributed by atoms with E-state index in [0.29, 0.717) is 25.7 Å². The van der Waals surface area contributed by atoms with E-state index in [1.165, 1.54) is 0 Å². The Hall–Kier alpha value is -1.47. The van der Waals surface area contributed by atoms with Gasteiger partial charge in [0.25, 0.3) is 0 Å². The molecule has 1 saturated heterocycles. The normalized spacial score (nSPS) is 28.3. The summed E-state index contributed by atoms with van der Waals surface area (Å²) in [5.41, 5.74) is 0. The summed E-state index contributed by atoms with van der Waals surface area (Å²) in [6.07, 6.45) is 11.8. The average molecular weight is 368 g/mol. The van der Waals surface area contributed by atoms with E-state index in [-0.39, 0.29) is 18.8 Å². The fourth-order valence-corrected chi connectivity index (χ4v) is 2.88. The minimum Gasteiger partial charge on any atom is -0.481 e. The Labute approximate surface area is 155 Å². The molecule has 0 aromatic heterocycles. The van der Waals surface area contributed by atoms with Crippen LogP contribution in [0.3, 0.4) is 0 Å². The first-order valence-electron chi connectivity index (χ1n) is 9.33. The molecule has 1 aliphatic heterocycles. The van der Waals surface area contributed by atoms with Crippen molar-refractivity contribution in [2.75, 3.05) is 0 Å². The van der Waals surface area contributed by atoms with Gasteiger partial charge in [0.05, 0.1) is 18.3 Å². The topological polar surface area (TPSA) is 107 Å². The molecule has 0 amide bonds. The third kappa shape index (κ3) is 9.29. The SMILES string of the molecule is CC/C=C\C[C@H](O)/C=C/[C@H]1O[C@H](O)C[C@H](O)[C@@H]1C/C=C\CCCC(=O)O. The second-order valence-corrected chi connectivity index (χ2v) is 6.58. The summed E-state index contributed by atoms with van der Waals surface area (Å²) < 4.78 is 5.52. The lowest BCUT2D eigenvalue weighted by Crippen LogP contribution is -2.43. The number of aliphatic hydroxyl groups excluding tert-OH is 3. The quantitative estimate of drug-likeness (QED) is 0.330. The molecule has 5 atom stereocenters. The number of hydrogen-bond donors (Lipinski definition) is 4. The van der Waals surface area contributed by atoms with Crippen molar-refractivity contribution >= 4 is 5.97 Å². The van der Waals surface area contributed by atoms with E-state index in [1.807, 2.05) is 31.2 Å². The number of hydrogen-bond acceptors (Lipinski definition) is 5. The summed E-state index contributed by atoms with van der Waals surface area (Å²) in [7, 11) is 0. The van der Waals surface area contributed by atoms with Gasteiger partial charge in [0.15, 0.2) is 6.29 Å². The Morgan fingerprint density at radius 3 is 2.69 bits per heavy atom. The molecule has 0 unspecified atom stereocenters. The van der Waals surface area contributed by atoms with Crippen molar-refractivity contribution in [1.29, 1.82) is 0 Å². The Balaban J connectivity index is 2.56. The summed E-state index contributed by atoms with van der Waals surface area (Å²) in [6, 6.07) is 0. The molecule has 1 rings (SSSR count). The molecule has 0 spiro atoms. The summed E-state index contributed by atoms with van der Waals surface area (Å²) in [5, 5.41) is 38.6. The van der Waals surface area contributed by atoms with Crippen molar-refractivity contribution in [3.8, 4) is 0 Å². The number of rotatable bonds is 11. The molecule has 148 valence electrons. The maximum atomic E-state index is 10.5. The van der Waals surface area contributed by atoms with Crippen LogP contribution >= 0.6 is 0 Å². The highest BCUT2D eigenvalue weighted by molar-refractivity contribution is 5.66. The number of carboxylic acid groups (broad SMARTS) is 1. The molecule has 1 heterocycles. The van der Waals surface area contributed by atoms with Crippen LogP contribution in [0.25, 0.3) is 0 Å². The van der Waals surface area contributed by atoms with Gasteiger partial charge in [-0.25, -0.2) is 0 Å². The highest BCUT2D eigenvalue weighted by Crippen LogP contribution is 2.29. The van der Waals surface area contributed by atoms with Gasteiger partial charge in [0.2, 0.25) is 0 Å². The van der Waals surface area contributed by atoms with E-state index in [1.54, 1.807) is 12.2 Å². The number of aliphatic carboxylic acids is 1. The van der Waals surface area contributed by atoms with Gasteiger partial charge in [-0.15, -0.1) is 0 Å². The molecule has 0 radical (unpaired) electrons. The van der Waals surface area contributed by atoms with Crippen molar-refractivity contribution in [3.05, 3.63) is 36.5 Å². The zero-order valence-electron chi connectivity index (χ0n) is 15.4. The van der Waals surface area contributed by atoms with Crippen LogP contribution in [-0.4, -0.2) is 51.0 Å². The van der Waals surface area contributed by atoms with Crippen molar-refractivity contribution in [2.45, 2.75) is 76.5 Å². The van der Waals surface area contributed by atoms with Crippen LogP contribution in [0, 0.1) is 5.92 Å². The van der Waals surface area contributed by atoms with Crippen molar-refractivity contribution in [1.82, 2.24) is 0 Å². The van der Waals surface area contributed by atoms with E-state index in [9.17, 15) is 20.1 Å². The Kier molecular flexibility index (Phi) is 11.1. The lowest BCUT2D eigenvalue weighted by atomic mass is 9.87. The summed E-state index contributed by atoms with van der Waals surface area (Å²) in [4.78, 5) is 10.5. The van der Waals surface area contributed by atoms with Crippen LogP contribution in [0.4, 0.5) is 0 Å². The van der Waals surface area contributed by atoms with Gasteiger partial charge in [-0.1, -0.05) is 43.4 Å². The molecule has 0 aromatic carbocycles. The number of ether oxygens (including phenoxy) is 1. The van der Waals surface area contributed by atoms with Crippen molar-refractivity contribution < 1.29 is 30.0 Å². The zero-order chi connectivity index (χ0) is 19.4. The smallest absolute Gasteiger partial charge is 0.303 e. The maximum Gasteiger partial charge on any atom is 0.303 e. The molecule has 6 nitrogen and oxygen atoms in total. The zero-order valence-corrected chi connectivity index (χ0v) is 15.4. The van der Waals surface area contributed by atoms with Crippen LogP contribution < -0.4 is 0 Å². The second kappa shape index (κ2) is 12.8. The molecule has 0 aromatic rings. The van der Waals surface area contributed by atoms with Gasteiger partial charge in [-0.2, -0.15) is 0 Å². The Morgan fingerprint density at radius 1 is 1.23 bits per heavy atom. The van der Waals surface area contributed by atoms with E-state index in [4.69, 9.17) is 9.84 Å². The molecule has 4 N–H and O–H groups in total. The van der Waals surface area contributed by atoms with Gasteiger partial charge >= 0.3 is 5.97 Å². The van der Waals surface area contributed by atoms with E-state index < -0.39 is 30.6 Å². The molecule has 6 heteroatoms. The fraction of sp³-hybridized carbons (Fsp3) is 0.650. The molecular formula is C20H32O6. The van der Waals surface area contributed by atoms with Gasteiger partial charge in [0, 0.05) is 18.8 Å². The fourth-order valence-electron chi connectivity index (χ4n) is 2.88. The van der Waals surface area contributed by atoms with E-state index >= 15 is 0 Å². The third-order valence-electron chi connectivity index (χ3n) is 4.31. The number of carbonyl (C=O) groups is 1. The van der Waals surface area contributed by atoms with Crippen LogP contribution in [0.1, 0.15) is 51.9 Å². The predicted molar refractivity (Wildman–Crippen MR) is 99.4 cm³/mol. The second-order valence-electron chi connectivity index (χ2n) is 6.58.